The molecule has 138 valence electrons. The second kappa shape index (κ2) is 7.99. The topological polar surface area (TPSA) is 45.1 Å². The molecule has 0 spiro atoms. The second-order valence-electron chi connectivity index (χ2n) is 6.09. The molecule has 2 heterocycles. The van der Waals surface area contributed by atoms with E-state index < -0.39 is 0 Å². The first-order chi connectivity index (χ1) is 12.6. The summed E-state index contributed by atoms with van der Waals surface area (Å²) in [4.78, 5) is 21.6. The number of carbonyl (C=O) groups excluding carboxylic acids is 1. The fourth-order valence-corrected chi connectivity index (χ4v) is 4.15. The molecule has 0 saturated carbocycles. The van der Waals surface area contributed by atoms with E-state index >= 15 is 0 Å². The normalized spacial score (nSPS) is 18.7. The number of thioether (sulfide) groups is 1. The van der Waals surface area contributed by atoms with Crippen molar-refractivity contribution >= 4 is 28.6 Å². The molecule has 0 amide bonds. The number of fused-ring (bicyclic) bond motifs is 1. The summed E-state index contributed by atoms with van der Waals surface area (Å²) in [7, 11) is 0. The van der Waals surface area contributed by atoms with Crippen LogP contribution in [0.3, 0.4) is 0 Å². The van der Waals surface area contributed by atoms with E-state index in [1.54, 1.807) is 11.8 Å². The Morgan fingerprint density at radius 3 is 2.54 bits per heavy atom. The molecule has 0 aliphatic carbocycles. The van der Waals surface area contributed by atoms with E-state index in [0.717, 1.165) is 29.5 Å². The fourth-order valence-electron chi connectivity index (χ4n) is 3.35. The van der Waals surface area contributed by atoms with Gasteiger partial charge in [-0.25, -0.2) is 9.79 Å². The van der Waals surface area contributed by atoms with Gasteiger partial charge in [-0.3, -0.25) is 0 Å². The number of nitrogens with zero attached hydrogens (tertiary/aromatic N) is 3. The maximum absolute atomic E-state index is 12.6. The SMILES string of the molecule is CCOC(=O)C1=C(C)N=C2SC=CN2C1c1ccc(N(CC)CC)cc1. The molecule has 1 atom stereocenters. The molecule has 5 nitrogen and oxygen atoms in total. The number of esters is 1. The number of ether oxygens (including phenoxy) is 1. The molecule has 0 fully saturated rings. The van der Waals surface area contributed by atoms with Gasteiger partial charge in [0.25, 0.3) is 0 Å². The number of amidine groups is 1. The van der Waals surface area contributed by atoms with Crippen LogP contribution in [-0.2, 0) is 9.53 Å². The summed E-state index contributed by atoms with van der Waals surface area (Å²) in [6.07, 6.45) is 1.98. The van der Waals surface area contributed by atoms with Gasteiger partial charge in [0.1, 0.15) is 0 Å². The monoisotopic (exact) mass is 371 g/mol. The van der Waals surface area contributed by atoms with Crippen LogP contribution in [0, 0.1) is 0 Å². The molecule has 0 bridgehead atoms. The van der Waals surface area contributed by atoms with E-state index in [0.29, 0.717) is 12.2 Å². The molecule has 0 radical (unpaired) electrons. The Morgan fingerprint density at radius 1 is 1.23 bits per heavy atom. The van der Waals surface area contributed by atoms with E-state index in [9.17, 15) is 4.79 Å². The Balaban J connectivity index is 2.00. The summed E-state index contributed by atoms with van der Waals surface area (Å²) >= 11 is 1.57. The van der Waals surface area contributed by atoms with Crippen molar-refractivity contribution in [3.8, 4) is 0 Å². The van der Waals surface area contributed by atoms with Gasteiger partial charge in [-0.15, -0.1) is 0 Å². The quantitative estimate of drug-likeness (QED) is 0.698. The van der Waals surface area contributed by atoms with Gasteiger partial charge in [-0.2, -0.15) is 0 Å². The molecule has 0 N–H and O–H groups in total. The summed E-state index contributed by atoms with van der Waals surface area (Å²) in [5, 5.41) is 2.89. The van der Waals surface area contributed by atoms with Crippen LogP contribution < -0.4 is 4.90 Å². The maximum Gasteiger partial charge on any atom is 0.338 e. The molecule has 3 rings (SSSR count). The first-order valence-electron chi connectivity index (χ1n) is 9.03. The molecule has 1 aromatic carbocycles. The third-order valence-corrected chi connectivity index (χ3v) is 5.42. The first-order valence-corrected chi connectivity index (χ1v) is 9.91. The van der Waals surface area contributed by atoms with Crippen molar-refractivity contribution < 1.29 is 9.53 Å². The van der Waals surface area contributed by atoms with Crippen molar-refractivity contribution in [3.05, 3.63) is 52.7 Å². The van der Waals surface area contributed by atoms with E-state index in [1.807, 2.05) is 25.5 Å². The summed E-state index contributed by atoms with van der Waals surface area (Å²) in [6.45, 7) is 10.3. The number of benzene rings is 1. The fraction of sp³-hybridized carbons (Fsp3) is 0.400. The summed E-state index contributed by atoms with van der Waals surface area (Å²) < 4.78 is 5.32. The van der Waals surface area contributed by atoms with Crippen LogP contribution in [0.25, 0.3) is 0 Å². The molecular formula is C20H25N3O2S. The Hall–Kier alpha value is -2.21. The molecule has 1 unspecified atom stereocenters. The summed E-state index contributed by atoms with van der Waals surface area (Å²) in [5.74, 6) is -0.295. The lowest BCUT2D eigenvalue weighted by Gasteiger charge is -2.33. The molecule has 0 saturated heterocycles. The molecule has 1 aromatic rings. The van der Waals surface area contributed by atoms with E-state index in [4.69, 9.17) is 4.74 Å². The molecular weight excluding hydrogens is 346 g/mol. The highest BCUT2D eigenvalue weighted by Crippen LogP contribution is 2.41. The molecule has 2 aliphatic heterocycles. The van der Waals surface area contributed by atoms with Gasteiger partial charge < -0.3 is 14.5 Å². The zero-order valence-corrected chi connectivity index (χ0v) is 16.5. The number of carbonyl (C=O) groups is 1. The predicted molar refractivity (Wildman–Crippen MR) is 108 cm³/mol. The minimum Gasteiger partial charge on any atom is -0.463 e. The van der Waals surface area contributed by atoms with Gasteiger partial charge in [-0.05, 0) is 50.8 Å². The smallest absolute Gasteiger partial charge is 0.338 e. The minimum absolute atomic E-state index is 0.210. The number of allylic oxidation sites excluding steroid dienone is 1. The minimum atomic E-state index is -0.295. The van der Waals surface area contributed by atoms with E-state index in [1.165, 1.54) is 5.69 Å². The number of anilines is 1. The third kappa shape index (κ3) is 3.38. The highest BCUT2D eigenvalue weighted by atomic mass is 32.2. The number of aliphatic imine (C=N–C) groups is 1. The van der Waals surface area contributed by atoms with Crippen LogP contribution in [0.5, 0.6) is 0 Å². The highest BCUT2D eigenvalue weighted by molar-refractivity contribution is 8.16. The molecule has 0 aromatic heterocycles. The van der Waals surface area contributed by atoms with Crippen LogP contribution >= 0.6 is 11.8 Å². The maximum atomic E-state index is 12.6. The van der Waals surface area contributed by atoms with Gasteiger partial charge >= 0.3 is 5.97 Å². The van der Waals surface area contributed by atoms with Crippen molar-refractivity contribution in [3.63, 3.8) is 0 Å². The first kappa shape index (κ1) is 18.6. The predicted octanol–water partition coefficient (Wildman–Crippen LogP) is 4.30. The molecule has 2 aliphatic rings. The third-order valence-electron chi connectivity index (χ3n) is 4.65. The molecule has 6 heteroatoms. The average molecular weight is 372 g/mol. The second-order valence-corrected chi connectivity index (χ2v) is 6.96. The lowest BCUT2D eigenvalue weighted by molar-refractivity contribution is -0.139. The zero-order valence-electron chi connectivity index (χ0n) is 15.7. The van der Waals surface area contributed by atoms with Gasteiger partial charge in [0.15, 0.2) is 5.17 Å². The van der Waals surface area contributed by atoms with Gasteiger partial charge in [0, 0.05) is 25.0 Å². The zero-order chi connectivity index (χ0) is 18.7. The Labute approximate surface area is 159 Å². The lowest BCUT2D eigenvalue weighted by atomic mass is 9.94. The van der Waals surface area contributed by atoms with Crippen LogP contribution in [-0.4, -0.2) is 35.7 Å². The van der Waals surface area contributed by atoms with Gasteiger partial charge in [0.2, 0.25) is 0 Å². The summed E-state index contributed by atoms with van der Waals surface area (Å²) in [5.41, 5.74) is 3.58. The highest BCUT2D eigenvalue weighted by Gasteiger charge is 2.37. The van der Waals surface area contributed by atoms with Crippen LogP contribution in [0.1, 0.15) is 39.3 Å². The van der Waals surface area contributed by atoms with Crippen LogP contribution in [0.15, 0.2) is 52.1 Å². The van der Waals surface area contributed by atoms with E-state index in [-0.39, 0.29) is 12.0 Å². The molecule has 26 heavy (non-hydrogen) atoms. The number of hydrogen-bond acceptors (Lipinski definition) is 6. The number of hydrogen-bond donors (Lipinski definition) is 0. The van der Waals surface area contributed by atoms with Gasteiger partial charge in [-0.1, -0.05) is 23.9 Å². The van der Waals surface area contributed by atoms with Crippen molar-refractivity contribution in [1.29, 1.82) is 0 Å². The summed E-state index contributed by atoms with van der Waals surface area (Å²) in [6, 6.07) is 8.24. The van der Waals surface area contributed by atoms with Gasteiger partial charge in [0.05, 0.1) is 23.9 Å². The van der Waals surface area contributed by atoms with Crippen molar-refractivity contribution in [1.82, 2.24) is 4.90 Å². The Kier molecular flexibility index (Phi) is 5.71. The average Bonchev–Trinajstić information content (AvgIpc) is 3.10. The van der Waals surface area contributed by atoms with Crippen molar-refractivity contribution in [2.24, 2.45) is 4.99 Å². The van der Waals surface area contributed by atoms with Crippen LogP contribution in [0.2, 0.25) is 0 Å². The Morgan fingerprint density at radius 2 is 1.92 bits per heavy atom. The Bertz CT molecular complexity index is 764. The lowest BCUT2D eigenvalue weighted by Crippen LogP contribution is -2.34. The number of rotatable bonds is 6. The van der Waals surface area contributed by atoms with E-state index in [2.05, 4.69) is 52.9 Å². The van der Waals surface area contributed by atoms with Crippen molar-refractivity contribution in [2.75, 3.05) is 24.6 Å². The van der Waals surface area contributed by atoms with Crippen LogP contribution in [0.4, 0.5) is 5.69 Å². The largest absolute Gasteiger partial charge is 0.463 e. The van der Waals surface area contributed by atoms with Crippen molar-refractivity contribution in [2.45, 2.75) is 33.7 Å². The standard InChI is InChI=1S/C20H25N3O2S/c1-5-22(6-2)16-10-8-15(9-11-16)18-17(19(24)25-7-3)14(4)21-20-23(18)12-13-26-20/h8-13,18H,5-7H2,1-4H3.